The minimum absolute atomic E-state index is 0.0803. The highest BCUT2D eigenvalue weighted by Gasteiger charge is 2.23. The van der Waals surface area contributed by atoms with Crippen molar-refractivity contribution in [1.82, 2.24) is 0 Å². The first-order valence-corrected chi connectivity index (χ1v) is 7.78. The van der Waals surface area contributed by atoms with Crippen molar-refractivity contribution in [2.45, 2.75) is 77.1 Å². The average molecular weight is 290 g/mol. The highest BCUT2D eigenvalue weighted by molar-refractivity contribution is 7.10. The van der Waals surface area contributed by atoms with Crippen LogP contribution in [0.5, 0.6) is 0 Å². The predicted molar refractivity (Wildman–Crippen MR) is 77.6 cm³/mol. The Kier molecular flexibility index (Phi) is 7.89. The molecule has 1 aliphatic carbocycles. The average Bonchev–Trinajstić information content (AvgIpc) is 2.44. The van der Waals surface area contributed by atoms with E-state index in [1.165, 1.54) is 0 Å². The van der Waals surface area contributed by atoms with Crippen molar-refractivity contribution in [3.63, 3.8) is 0 Å². The quantitative estimate of drug-likeness (QED) is 0.733. The van der Waals surface area contributed by atoms with Gasteiger partial charge < -0.3 is 14.4 Å². The number of carbonyl (C=O) groups excluding carboxylic acids is 1. The van der Waals surface area contributed by atoms with Gasteiger partial charge in [0.1, 0.15) is 0 Å². The van der Waals surface area contributed by atoms with Crippen LogP contribution >= 0.6 is 9.47 Å². The maximum Gasteiger partial charge on any atom is 0.310 e. The minimum Gasteiger partial charge on any atom is -0.451 e. The second kappa shape index (κ2) is 8.89. The Balaban J connectivity index is 2.27. The molecule has 0 amide bonds. The van der Waals surface area contributed by atoms with Gasteiger partial charge in [0.2, 0.25) is 0 Å². The van der Waals surface area contributed by atoms with Crippen LogP contribution in [0.2, 0.25) is 0 Å². The summed E-state index contributed by atoms with van der Waals surface area (Å²) in [6, 6.07) is 0. The van der Waals surface area contributed by atoms with Crippen molar-refractivity contribution in [3.8, 4) is 0 Å². The molecule has 1 aliphatic rings. The number of carbonyl (C=O) groups is 1. The molecule has 0 aliphatic heterocycles. The molecule has 0 spiro atoms. The van der Waals surface area contributed by atoms with Gasteiger partial charge in [-0.2, -0.15) is 0 Å². The van der Waals surface area contributed by atoms with Gasteiger partial charge in [-0.3, -0.25) is 4.79 Å². The van der Waals surface area contributed by atoms with Crippen LogP contribution in [0.1, 0.15) is 58.8 Å². The standard InChI is InChI=1S/C14H27O4P/c1-3-12(7-4-10(2)14(16)18-19)17-13-8-5-11(15)6-9-13/h10-13,15H,3-9,19H2,1-2H3. The van der Waals surface area contributed by atoms with Crippen LogP contribution in [0, 0.1) is 5.92 Å². The maximum absolute atomic E-state index is 11.3. The summed E-state index contributed by atoms with van der Waals surface area (Å²) in [5, 5.41) is 9.47. The third-order valence-electron chi connectivity index (χ3n) is 3.92. The zero-order chi connectivity index (χ0) is 14.3. The zero-order valence-electron chi connectivity index (χ0n) is 12.0. The molecule has 0 bridgehead atoms. The van der Waals surface area contributed by atoms with Crippen molar-refractivity contribution in [2.75, 3.05) is 0 Å². The summed E-state index contributed by atoms with van der Waals surface area (Å²) in [6.07, 6.45) is 6.56. The van der Waals surface area contributed by atoms with Crippen LogP contribution in [0.3, 0.4) is 0 Å². The molecule has 3 atom stereocenters. The number of hydrogen-bond acceptors (Lipinski definition) is 4. The summed E-state index contributed by atoms with van der Waals surface area (Å²) < 4.78 is 10.7. The normalized spacial score (nSPS) is 26.7. The van der Waals surface area contributed by atoms with Crippen LogP contribution in [0.15, 0.2) is 0 Å². The number of hydrogen-bond donors (Lipinski definition) is 1. The third kappa shape index (κ3) is 6.20. The molecule has 3 unspecified atom stereocenters. The Labute approximate surface area is 118 Å². The Morgan fingerprint density at radius 2 is 1.95 bits per heavy atom. The molecule has 1 N–H and O–H groups in total. The molecule has 0 saturated heterocycles. The van der Waals surface area contributed by atoms with E-state index in [9.17, 15) is 9.90 Å². The van der Waals surface area contributed by atoms with Crippen molar-refractivity contribution in [2.24, 2.45) is 5.92 Å². The van der Waals surface area contributed by atoms with E-state index in [1.54, 1.807) is 0 Å². The van der Waals surface area contributed by atoms with Gasteiger partial charge in [-0.15, -0.1) is 0 Å². The summed E-state index contributed by atoms with van der Waals surface area (Å²) in [5.74, 6) is -0.260. The van der Waals surface area contributed by atoms with Crippen molar-refractivity contribution in [1.29, 1.82) is 0 Å². The first-order valence-electron chi connectivity index (χ1n) is 7.30. The van der Waals surface area contributed by atoms with Gasteiger partial charge in [0, 0.05) is 0 Å². The van der Waals surface area contributed by atoms with Crippen LogP contribution in [0.25, 0.3) is 0 Å². The van der Waals surface area contributed by atoms with E-state index < -0.39 is 0 Å². The summed E-state index contributed by atoms with van der Waals surface area (Å²) in [6.45, 7) is 4.00. The highest BCUT2D eigenvalue weighted by Crippen LogP contribution is 2.24. The molecular formula is C14H27O4P. The molecule has 0 aromatic rings. The summed E-state index contributed by atoms with van der Waals surface area (Å²) in [5.41, 5.74) is 0. The fourth-order valence-electron chi connectivity index (χ4n) is 2.49. The van der Waals surface area contributed by atoms with Gasteiger partial charge in [0.25, 0.3) is 0 Å². The number of aliphatic hydroxyl groups is 1. The monoisotopic (exact) mass is 290 g/mol. The Morgan fingerprint density at radius 3 is 2.47 bits per heavy atom. The van der Waals surface area contributed by atoms with E-state index in [1.807, 2.05) is 16.4 Å². The maximum atomic E-state index is 11.3. The molecule has 1 rings (SSSR count). The van der Waals surface area contributed by atoms with Crippen molar-refractivity contribution >= 4 is 15.4 Å². The molecule has 4 nitrogen and oxygen atoms in total. The second-order valence-corrected chi connectivity index (χ2v) is 5.75. The number of aliphatic hydroxyl groups excluding tert-OH is 1. The summed E-state index contributed by atoms with van der Waals surface area (Å²) >= 11 is 0. The van der Waals surface area contributed by atoms with E-state index in [2.05, 4.69) is 11.4 Å². The van der Waals surface area contributed by atoms with E-state index >= 15 is 0 Å². The van der Waals surface area contributed by atoms with E-state index in [0.29, 0.717) is 0 Å². The number of ether oxygens (including phenoxy) is 1. The first-order chi connectivity index (χ1) is 9.06. The SMILES string of the molecule is CCC(CCC(C)C(=O)OP)OC1CCC(O)CC1. The molecule has 0 heterocycles. The molecule has 5 heteroatoms. The summed E-state index contributed by atoms with van der Waals surface area (Å²) in [4.78, 5) is 11.3. The highest BCUT2D eigenvalue weighted by atomic mass is 31.0. The Hall–Kier alpha value is -0.180. The molecular weight excluding hydrogens is 263 g/mol. The third-order valence-corrected chi connectivity index (χ3v) is 4.16. The molecule has 112 valence electrons. The number of rotatable bonds is 7. The second-order valence-electron chi connectivity index (χ2n) is 5.51. The molecule has 0 radical (unpaired) electrons. The predicted octanol–water partition coefficient (Wildman–Crippen LogP) is 2.83. The van der Waals surface area contributed by atoms with Gasteiger partial charge in [-0.25, -0.2) is 0 Å². The Morgan fingerprint density at radius 1 is 1.32 bits per heavy atom. The van der Waals surface area contributed by atoms with E-state index in [0.717, 1.165) is 44.9 Å². The van der Waals surface area contributed by atoms with Gasteiger partial charge in [0.05, 0.1) is 33.7 Å². The lowest BCUT2D eigenvalue weighted by Crippen LogP contribution is -2.29. The van der Waals surface area contributed by atoms with Crippen LogP contribution in [0.4, 0.5) is 0 Å². The van der Waals surface area contributed by atoms with Crippen LogP contribution < -0.4 is 0 Å². The Bertz CT molecular complexity index is 264. The molecule has 0 aromatic carbocycles. The lowest BCUT2D eigenvalue weighted by molar-refractivity contribution is -0.137. The summed E-state index contributed by atoms with van der Waals surface area (Å²) in [7, 11) is 2.00. The topological polar surface area (TPSA) is 55.8 Å². The molecule has 1 fully saturated rings. The van der Waals surface area contributed by atoms with E-state index in [4.69, 9.17) is 4.74 Å². The minimum atomic E-state index is -0.180. The zero-order valence-corrected chi connectivity index (χ0v) is 13.2. The van der Waals surface area contributed by atoms with Gasteiger partial charge in [0.15, 0.2) is 0 Å². The lowest BCUT2D eigenvalue weighted by Gasteiger charge is -2.29. The molecule has 0 aromatic heterocycles. The fourth-order valence-corrected chi connectivity index (χ4v) is 2.72. The lowest BCUT2D eigenvalue weighted by atomic mass is 9.94. The van der Waals surface area contributed by atoms with Crippen molar-refractivity contribution < 1.29 is 19.2 Å². The van der Waals surface area contributed by atoms with Crippen LogP contribution in [-0.4, -0.2) is 29.4 Å². The van der Waals surface area contributed by atoms with Gasteiger partial charge >= 0.3 is 5.97 Å². The largest absolute Gasteiger partial charge is 0.451 e. The van der Waals surface area contributed by atoms with E-state index in [-0.39, 0.29) is 30.2 Å². The first kappa shape index (κ1) is 16.9. The van der Waals surface area contributed by atoms with Crippen molar-refractivity contribution in [3.05, 3.63) is 0 Å². The molecule has 1 saturated carbocycles. The van der Waals surface area contributed by atoms with Crippen LogP contribution in [-0.2, 0) is 14.1 Å². The van der Waals surface area contributed by atoms with Gasteiger partial charge in [-0.05, 0) is 44.9 Å². The fraction of sp³-hybridized carbons (Fsp3) is 0.929. The molecule has 19 heavy (non-hydrogen) atoms. The van der Waals surface area contributed by atoms with Gasteiger partial charge in [-0.1, -0.05) is 13.8 Å². The smallest absolute Gasteiger partial charge is 0.310 e.